The summed E-state index contributed by atoms with van der Waals surface area (Å²) in [6, 6.07) is 13.4. The van der Waals surface area contributed by atoms with Crippen molar-refractivity contribution in [1.82, 2.24) is 15.0 Å². The number of aromatic nitrogens is 3. The second-order valence-corrected chi connectivity index (χ2v) is 6.95. The standard InChI is InChI=1S/C20H19ClN6O/c1-13(28)24-15-5-3-6-16(10-15)25-19-22-12-23-20(26-19)27-9-8-17-14(11-27)4-2-7-18(17)21/h2-7,10,12H,8-9,11H2,1H3,(H,24,28)(H,22,23,25,26). The number of hydrogen-bond acceptors (Lipinski definition) is 6. The smallest absolute Gasteiger partial charge is 0.232 e. The van der Waals surface area contributed by atoms with Crippen molar-refractivity contribution in [3.8, 4) is 0 Å². The Balaban J connectivity index is 1.52. The fourth-order valence-corrected chi connectivity index (χ4v) is 3.53. The number of carbonyl (C=O) groups excluding carboxylic acids is 1. The molecule has 8 heteroatoms. The van der Waals surface area contributed by atoms with Crippen molar-refractivity contribution in [1.29, 1.82) is 0 Å². The van der Waals surface area contributed by atoms with Crippen molar-refractivity contribution < 1.29 is 4.79 Å². The monoisotopic (exact) mass is 394 g/mol. The number of rotatable bonds is 4. The largest absolute Gasteiger partial charge is 0.336 e. The van der Waals surface area contributed by atoms with Gasteiger partial charge in [-0.05, 0) is 41.8 Å². The van der Waals surface area contributed by atoms with E-state index in [4.69, 9.17) is 11.6 Å². The minimum Gasteiger partial charge on any atom is -0.336 e. The molecular formula is C20H19ClN6O. The number of carbonyl (C=O) groups is 1. The van der Waals surface area contributed by atoms with Crippen LogP contribution in [0.3, 0.4) is 0 Å². The lowest BCUT2D eigenvalue weighted by molar-refractivity contribution is -0.114. The Morgan fingerprint density at radius 2 is 1.96 bits per heavy atom. The molecule has 28 heavy (non-hydrogen) atoms. The predicted molar refractivity (Wildman–Crippen MR) is 110 cm³/mol. The van der Waals surface area contributed by atoms with Gasteiger partial charge in [0.2, 0.25) is 17.8 Å². The highest BCUT2D eigenvalue weighted by molar-refractivity contribution is 6.31. The third-order valence-corrected chi connectivity index (χ3v) is 4.84. The minimum atomic E-state index is -0.120. The van der Waals surface area contributed by atoms with E-state index in [9.17, 15) is 4.79 Å². The van der Waals surface area contributed by atoms with Gasteiger partial charge < -0.3 is 15.5 Å². The molecule has 0 fully saturated rings. The minimum absolute atomic E-state index is 0.120. The summed E-state index contributed by atoms with van der Waals surface area (Å²) in [6.07, 6.45) is 2.35. The Kier molecular flexibility index (Phi) is 5.08. The van der Waals surface area contributed by atoms with Crippen LogP contribution in [0.25, 0.3) is 0 Å². The highest BCUT2D eigenvalue weighted by Crippen LogP contribution is 2.28. The Morgan fingerprint density at radius 3 is 2.82 bits per heavy atom. The van der Waals surface area contributed by atoms with Gasteiger partial charge in [0, 0.05) is 36.4 Å². The second kappa shape index (κ2) is 7.82. The molecule has 142 valence electrons. The summed E-state index contributed by atoms with van der Waals surface area (Å²) < 4.78 is 0. The summed E-state index contributed by atoms with van der Waals surface area (Å²) in [5.74, 6) is 0.938. The Morgan fingerprint density at radius 1 is 1.14 bits per heavy atom. The topological polar surface area (TPSA) is 83.0 Å². The van der Waals surface area contributed by atoms with Crippen LogP contribution in [0.1, 0.15) is 18.1 Å². The van der Waals surface area contributed by atoms with Gasteiger partial charge in [-0.3, -0.25) is 4.79 Å². The highest BCUT2D eigenvalue weighted by atomic mass is 35.5. The van der Waals surface area contributed by atoms with E-state index in [0.717, 1.165) is 23.7 Å². The zero-order valence-electron chi connectivity index (χ0n) is 15.3. The number of halogens is 1. The molecule has 7 nitrogen and oxygen atoms in total. The normalized spacial score (nSPS) is 13.0. The molecule has 1 aliphatic heterocycles. The summed E-state index contributed by atoms with van der Waals surface area (Å²) in [5, 5.41) is 6.73. The van der Waals surface area contributed by atoms with Crippen molar-refractivity contribution in [2.45, 2.75) is 19.9 Å². The number of benzene rings is 2. The summed E-state index contributed by atoms with van der Waals surface area (Å²) in [4.78, 5) is 26.4. The van der Waals surface area contributed by atoms with E-state index >= 15 is 0 Å². The van der Waals surface area contributed by atoms with Crippen LogP contribution < -0.4 is 15.5 Å². The molecule has 0 atom stereocenters. The summed E-state index contributed by atoms with van der Waals surface area (Å²) in [6.45, 7) is 2.97. The quantitative estimate of drug-likeness (QED) is 0.700. The van der Waals surface area contributed by atoms with Crippen LogP contribution in [0.15, 0.2) is 48.8 Å². The van der Waals surface area contributed by atoms with Gasteiger partial charge >= 0.3 is 0 Å². The van der Waals surface area contributed by atoms with Crippen molar-refractivity contribution in [2.75, 3.05) is 22.1 Å². The molecule has 0 aliphatic carbocycles. The molecule has 2 heterocycles. The zero-order chi connectivity index (χ0) is 19.5. The SMILES string of the molecule is CC(=O)Nc1cccc(Nc2ncnc(N3CCc4c(Cl)cccc4C3)n2)c1. The third kappa shape index (κ3) is 4.04. The van der Waals surface area contributed by atoms with E-state index in [1.807, 2.05) is 36.4 Å². The van der Waals surface area contributed by atoms with Crippen LogP contribution in [-0.2, 0) is 17.8 Å². The van der Waals surface area contributed by atoms with Gasteiger partial charge in [0.05, 0.1) is 0 Å². The summed E-state index contributed by atoms with van der Waals surface area (Å²) in [5.41, 5.74) is 3.87. The Hall–Kier alpha value is -3.19. The maximum absolute atomic E-state index is 11.2. The highest BCUT2D eigenvalue weighted by Gasteiger charge is 2.20. The molecule has 2 N–H and O–H groups in total. The van der Waals surface area contributed by atoms with Crippen LogP contribution in [0.2, 0.25) is 5.02 Å². The van der Waals surface area contributed by atoms with E-state index in [1.165, 1.54) is 24.4 Å². The lowest BCUT2D eigenvalue weighted by atomic mass is 10.00. The lowest BCUT2D eigenvalue weighted by Gasteiger charge is -2.29. The van der Waals surface area contributed by atoms with Crippen LogP contribution in [0, 0.1) is 0 Å². The first-order chi connectivity index (χ1) is 13.6. The summed E-state index contributed by atoms with van der Waals surface area (Å²) >= 11 is 6.30. The molecule has 0 bridgehead atoms. The van der Waals surface area contributed by atoms with Crippen molar-refractivity contribution in [3.05, 3.63) is 64.9 Å². The van der Waals surface area contributed by atoms with Crippen LogP contribution >= 0.6 is 11.6 Å². The number of amides is 1. The van der Waals surface area contributed by atoms with Gasteiger partial charge in [-0.25, -0.2) is 9.97 Å². The predicted octanol–water partition coefficient (Wildman–Crippen LogP) is 3.79. The average Bonchev–Trinajstić information content (AvgIpc) is 2.68. The number of anilines is 4. The zero-order valence-corrected chi connectivity index (χ0v) is 16.1. The first-order valence-corrected chi connectivity index (χ1v) is 9.31. The van der Waals surface area contributed by atoms with E-state index in [1.54, 1.807) is 0 Å². The lowest BCUT2D eigenvalue weighted by Crippen LogP contribution is -2.32. The molecule has 1 amide bonds. The molecular weight excluding hydrogens is 376 g/mol. The average molecular weight is 395 g/mol. The Bertz CT molecular complexity index is 1030. The van der Waals surface area contributed by atoms with E-state index in [2.05, 4.69) is 36.6 Å². The molecule has 0 spiro atoms. The van der Waals surface area contributed by atoms with Gasteiger partial charge in [-0.15, -0.1) is 0 Å². The number of hydrogen-bond donors (Lipinski definition) is 2. The fourth-order valence-electron chi connectivity index (χ4n) is 3.24. The van der Waals surface area contributed by atoms with Crippen LogP contribution in [0.4, 0.5) is 23.3 Å². The number of fused-ring (bicyclic) bond motifs is 1. The molecule has 0 radical (unpaired) electrons. The first-order valence-electron chi connectivity index (χ1n) is 8.93. The van der Waals surface area contributed by atoms with Crippen molar-refractivity contribution >= 4 is 40.8 Å². The van der Waals surface area contributed by atoms with Gasteiger partial charge in [-0.1, -0.05) is 29.8 Å². The van der Waals surface area contributed by atoms with Crippen LogP contribution in [-0.4, -0.2) is 27.4 Å². The van der Waals surface area contributed by atoms with Gasteiger partial charge in [0.1, 0.15) is 6.33 Å². The van der Waals surface area contributed by atoms with E-state index in [0.29, 0.717) is 24.1 Å². The molecule has 3 aromatic rings. The fraction of sp³-hybridized carbons (Fsp3) is 0.200. The molecule has 0 unspecified atom stereocenters. The van der Waals surface area contributed by atoms with Gasteiger partial charge in [0.25, 0.3) is 0 Å². The van der Waals surface area contributed by atoms with E-state index in [-0.39, 0.29) is 5.91 Å². The van der Waals surface area contributed by atoms with Crippen molar-refractivity contribution in [3.63, 3.8) is 0 Å². The molecule has 0 saturated carbocycles. The first kappa shape index (κ1) is 18.2. The van der Waals surface area contributed by atoms with Crippen LogP contribution in [0.5, 0.6) is 0 Å². The van der Waals surface area contributed by atoms with Crippen molar-refractivity contribution in [2.24, 2.45) is 0 Å². The number of nitrogens with one attached hydrogen (secondary N) is 2. The van der Waals surface area contributed by atoms with Gasteiger partial charge in [0.15, 0.2) is 0 Å². The maximum Gasteiger partial charge on any atom is 0.232 e. The van der Waals surface area contributed by atoms with Gasteiger partial charge in [-0.2, -0.15) is 4.98 Å². The molecule has 4 rings (SSSR count). The third-order valence-electron chi connectivity index (χ3n) is 4.49. The summed E-state index contributed by atoms with van der Waals surface area (Å²) in [7, 11) is 0. The molecule has 0 saturated heterocycles. The Labute approximate surface area is 167 Å². The number of nitrogens with zero attached hydrogens (tertiary/aromatic N) is 4. The second-order valence-electron chi connectivity index (χ2n) is 6.55. The molecule has 2 aromatic carbocycles. The maximum atomic E-state index is 11.2. The van der Waals surface area contributed by atoms with E-state index < -0.39 is 0 Å². The molecule has 1 aliphatic rings. The molecule has 1 aromatic heterocycles.